The van der Waals surface area contributed by atoms with Crippen molar-refractivity contribution in [2.75, 3.05) is 4.90 Å². The Morgan fingerprint density at radius 3 is 1.82 bits per heavy atom. The average molecular weight is 792 g/mol. The Labute approximate surface area is 361 Å². The maximum absolute atomic E-state index is 6.47. The van der Waals surface area contributed by atoms with Gasteiger partial charge in [-0.25, -0.2) is 0 Å². The summed E-state index contributed by atoms with van der Waals surface area (Å²) >= 11 is 0. The Hall–Kier alpha value is -7.94. The molecule has 0 radical (unpaired) electrons. The zero-order valence-corrected chi connectivity index (χ0v) is 34.1. The minimum atomic E-state index is 0.887. The van der Waals surface area contributed by atoms with E-state index in [9.17, 15) is 0 Å². The highest BCUT2D eigenvalue weighted by Crippen LogP contribution is 2.47. The lowest BCUT2D eigenvalue weighted by molar-refractivity contribution is 0.669. The van der Waals surface area contributed by atoms with Crippen molar-refractivity contribution in [2.45, 2.75) is 12.8 Å². The van der Waals surface area contributed by atoms with Gasteiger partial charge in [0.2, 0.25) is 0 Å². The van der Waals surface area contributed by atoms with Crippen molar-refractivity contribution in [3.8, 4) is 44.5 Å². The van der Waals surface area contributed by atoms with Crippen LogP contribution in [0.4, 0.5) is 17.1 Å². The number of para-hydroxylation sites is 1. The van der Waals surface area contributed by atoms with Gasteiger partial charge in [0.25, 0.3) is 0 Å². The third-order valence-electron chi connectivity index (χ3n) is 12.7. The summed E-state index contributed by atoms with van der Waals surface area (Å²) in [5, 5.41) is 7.21. The largest absolute Gasteiger partial charge is 0.456 e. The first-order valence-electron chi connectivity index (χ1n) is 21.5. The fourth-order valence-electron chi connectivity index (χ4n) is 9.70. The minimum absolute atomic E-state index is 0.887. The summed E-state index contributed by atoms with van der Waals surface area (Å²) in [5.74, 6) is 0. The summed E-state index contributed by atoms with van der Waals surface area (Å²) in [7, 11) is 0. The number of hydrogen-bond acceptors (Lipinski definition) is 2. The van der Waals surface area contributed by atoms with Crippen molar-refractivity contribution < 1.29 is 4.42 Å². The number of allylic oxidation sites excluding steroid dienone is 1. The molecule has 0 saturated heterocycles. The van der Waals surface area contributed by atoms with Gasteiger partial charge in [0, 0.05) is 27.6 Å². The molecule has 11 aromatic rings. The molecular formula is C60H41NO. The van der Waals surface area contributed by atoms with Crippen molar-refractivity contribution in [2.24, 2.45) is 0 Å². The first kappa shape index (κ1) is 36.0. The third kappa shape index (κ3) is 6.19. The fraction of sp³-hybridized carbons (Fsp3) is 0.0333. The van der Waals surface area contributed by atoms with E-state index in [1.54, 1.807) is 0 Å². The van der Waals surface area contributed by atoms with E-state index in [4.69, 9.17) is 4.42 Å². The predicted octanol–water partition coefficient (Wildman–Crippen LogP) is 17.0. The molecule has 12 rings (SSSR count). The number of furan rings is 1. The molecule has 0 fully saturated rings. The molecule has 1 aromatic heterocycles. The van der Waals surface area contributed by atoms with Crippen LogP contribution in [0.2, 0.25) is 0 Å². The van der Waals surface area contributed by atoms with E-state index in [1.165, 1.54) is 54.9 Å². The van der Waals surface area contributed by atoms with E-state index in [0.717, 1.165) is 74.1 Å². The van der Waals surface area contributed by atoms with Gasteiger partial charge in [0.15, 0.2) is 0 Å². The van der Waals surface area contributed by atoms with Crippen LogP contribution < -0.4 is 4.90 Å². The van der Waals surface area contributed by atoms with Crippen LogP contribution >= 0.6 is 0 Å². The number of benzene rings is 10. The molecule has 2 nitrogen and oxygen atoms in total. The molecule has 1 aliphatic rings. The average Bonchev–Trinajstić information content (AvgIpc) is 3.70. The lowest BCUT2D eigenvalue weighted by atomic mass is 9.85. The van der Waals surface area contributed by atoms with E-state index >= 15 is 0 Å². The van der Waals surface area contributed by atoms with Crippen LogP contribution in [0.25, 0.3) is 94.1 Å². The van der Waals surface area contributed by atoms with Crippen molar-refractivity contribution in [3.05, 3.63) is 230 Å². The molecule has 0 spiro atoms. The zero-order chi connectivity index (χ0) is 41.0. The van der Waals surface area contributed by atoms with Gasteiger partial charge in [0.1, 0.15) is 11.2 Å². The SMILES string of the molecule is C1=Cc2c(c(-c3ccc(N(c4ccccc4-c4ccc5oc6cc7ccccc7cc6c5c4)c4ccc(-c5ccccc5)cc4-c4ccccc4)cc3)cc3ccccc23)CC1. The molecule has 0 aliphatic heterocycles. The normalized spacial score (nSPS) is 12.3. The van der Waals surface area contributed by atoms with Crippen LogP contribution in [-0.4, -0.2) is 0 Å². The number of anilines is 3. The van der Waals surface area contributed by atoms with Crippen molar-refractivity contribution in [1.82, 2.24) is 0 Å². The molecule has 292 valence electrons. The molecular weight excluding hydrogens is 751 g/mol. The standard InChI is InChI=1S/C60H41NO/c1-3-15-40(16-4-1)45-29-33-58(54(35-45)41-17-5-2-6-18-41)61(48-31-27-42(28-32-48)53-37-46-21-9-10-22-49(46)51-24-11-12-25-52(51)53)57-26-14-13-23-50(57)47-30-34-59-55(38-47)56-36-43-19-7-8-20-44(43)39-60(56)62-59/h1-11,13-24,26-39H,12,25H2. The maximum atomic E-state index is 6.47. The Balaban J connectivity index is 1.06. The Kier molecular flexibility index (Phi) is 8.67. The first-order valence-corrected chi connectivity index (χ1v) is 21.5. The van der Waals surface area contributed by atoms with E-state index in [0.29, 0.717) is 0 Å². The molecule has 10 aromatic carbocycles. The van der Waals surface area contributed by atoms with Gasteiger partial charge in [-0.3, -0.25) is 0 Å². The van der Waals surface area contributed by atoms with Crippen LogP contribution in [-0.2, 0) is 6.42 Å². The summed E-state index contributed by atoms with van der Waals surface area (Å²) in [6, 6.07) is 77.3. The van der Waals surface area contributed by atoms with E-state index < -0.39 is 0 Å². The highest BCUT2D eigenvalue weighted by Gasteiger charge is 2.23. The third-order valence-corrected chi connectivity index (χ3v) is 12.7. The number of fused-ring (bicyclic) bond motifs is 7. The molecule has 1 aliphatic carbocycles. The van der Waals surface area contributed by atoms with Crippen molar-refractivity contribution in [3.63, 3.8) is 0 Å². The van der Waals surface area contributed by atoms with Gasteiger partial charge < -0.3 is 9.32 Å². The summed E-state index contributed by atoms with van der Waals surface area (Å²) in [4.78, 5) is 2.46. The van der Waals surface area contributed by atoms with Gasteiger partial charge >= 0.3 is 0 Å². The van der Waals surface area contributed by atoms with Crippen LogP contribution in [0, 0.1) is 0 Å². The van der Waals surface area contributed by atoms with Gasteiger partial charge in [-0.05, 0) is 140 Å². The molecule has 2 heteroatoms. The molecule has 0 unspecified atom stereocenters. The van der Waals surface area contributed by atoms with Crippen LogP contribution in [0.15, 0.2) is 223 Å². The van der Waals surface area contributed by atoms with Crippen molar-refractivity contribution in [1.29, 1.82) is 0 Å². The molecule has 62 heavy (non-hydrogen) atoms. The zero-order valence-electron chi connectivity index (χ0n) is 34.1. The molecule has 0 atom stereocenters. The van der Waals surface area contributed by atoms with Gasteiger partial charge in [-0.2, -0.15) is 0 Å². The van der Waals surface area contributed by atoms with Crippen molar-refractivity contribution >= 4 is 66.6 Å². The molecule has 0 bridgehead atoms. The summed E-state index contributed by atoms with van der Waals surface area (Å²) < 4.78 is 6.47. The second kappa shape index (κ2) is 15.0. The van der Waals surface area contributed by atoms with E-state index in [1.807, 2.05) is 0 Å². The topological polar surface area (TPSA) is 16.4 Å². The molecule has 0 amide bonds. The van der Waals surface area contributed by atoms with Crippen LogP contribution in [0.5, 0.6) is 0 Å². The number of nitrogens with zero attached hydrogens (tertiary/aromatic N) is 1. The fourth-order valence-corrected chi connectivity index (χ4v) is 9.70. The highest BCUT2D eigenvalue weighted by atomic mass is 16.3. The lowest BCUT2D eigenvalue weighted by Gasteiger charge is -2.30. The molecule has 0 saturated carbocycles. The van der Waals surface area contributed by atoms with Gasteiger partial charge in [-0.1, -0.05) is 164 Å². The Morgan fingerprint density at radius 2 is 1.00 bits per heavy atom. The summed E-state index contributed by atoms with van der Waals surface area (Å²) in [6.07, 6.45) is 6.74. The summed E-state index contributed by atoms with van der Waals surface area (Å²) in [6.45, 7) is 0. The minimum Gasteiger partial charge on any atom is -0.456 e. The van der Waals surface area contributed by atoms with E-state index in [-0.39, 0.29) is 0 Å². The highest BCUT2D eigenvalue weighted by molar-refractivity contribution is 6.11. The smallest absolute Gasteiger partial charge is 0.136 e. The monoisotopic (exact) mass is 791 g/mol. The summed E-state index contributed by atoms with van der Waals surface area (Å²) in [5.41, 5.74) is 17.3. The van der Waals surface area contributed by atoms with Gasteiger partial charge in [-0.15, -0.1) is 0 Å². The quantitative estimate of drug-likeness (QED) is 0.160. The van der Waals surface area contributed by atoms with Crippen LogP contribution in [0.1, 0.15) is 17.5 Å². The second-order valence-electron chi connectivity index (χ2n) is 16.4. The lowest BCUT2D eigenvalue weighted by Crippen LogP contribution is -2.12. The number of rotatable bonds is 7. The Bertz CT molecular complexity index is 3510. The molecule has 0 N–H and O–H groups in total. The molecule has 1 heterocycles. The van der Waals surface area contributed by atoms with E-state index in [2.05, 4.69) is 229 Å². The Morgan fingerprint density at radius 1 is 0.371 bits per heavy atom. The van der Waals surface area contributed by atoms with Gasteiger partial charge in [0.05, 0.1) is 11.4 Å². The maximum Gasteiger partial charge on any atom is 0.136 e. The first-order chi connectivity index (χ1) is 30.7. The number of hydrogen-bond donors (Lipinski definition) is 0. The van der Waals surface area contributed by atoms with Crippen LogP contribution in [0.3, 0.4) is 0 Å². The second-order valence-corrected chi connectivity index (χ2v) is 16.4. The predicted molar refractivity (Wildman–Crippen MR) is 263 cm³/mol.